The minimum atomic E-state index is -1.79. The summed E-state index contributed by atoms with van der Waals surface area (Å²) in [5, 5.41) is 23.9. The van der Waals surface area contributed by atoms with Gasteiger partial charge in [-0.1, -0.05) is 30.3 Å². The van der Waals surface area contributed by atoms with Crippen molar-refractivity contribution < 1.29 is 19.7 Å². The molecule has 3 rings (SSSR count). The number of para-hydroxylation sites is 1. The summed E-state index contributed by atoms with van der Waals surface area (Å²) in [6, 6.07) is 13.5. The zero-order valence-corrected chi connectivity index (χ0v) is 11.4. The number of rotatable bonds is 2. The molecule has 3 N–H and O–H groups in total. The van der Waals surface area contributed by atoms with Crippen LogP contribution in [0.25, 0.3) is 0 Å². The number of benzene rings is 2. The third kappa shape index (κ3) is 1.98. The molecule has 0 spiro atoms. The molecule has 1 aliphatic heterocycles. The quantitative estimate of drug-likeness (QED) is 0.776. The van der Waals surface area contributed by atoms with E-state index in [-0.39, 0.29) is 0 Å². The zero-order valence-electron chi connectivity index (χ0n) is 11.4. The number of ether oxygens (including phenoxy) is 1. The highest BCUT2D eigenvalue weighted by Gasteiger charge is 2.48. The lowest BCUT2D eigenvalue weighted by atomic mass is 9.78. The van der Waals surface area contributed by atoms with Gasteiger partial charge in [-0.2, -0.15) is 0 Å². The summed E-state index contributed by atoms with van der Waals surface area (Å²) in [5.74, 6) is -0.00240. The maximum Gasteiger partial charge on any atom is 0.256 e. The topological polar surface area (TPSA) is 78.8 Å². The van der Waals surface area contributed by atoms with E-state index in [0.29, 0.717) is 22.6 Å². The van der Waals surface area contributed by atoms with Gasteiger partial charge in [-0.3, -0.25) is 4.79 Å². The van der Waals surface area contributed by atoms with Gasteiger partial charge in [-0.15, -0.1) is 0 Å². The molecule has 0 radical (unpaired) electrons. The fourth-order valence-electron chi connectivity index (χ4n) is 2.62. The molecule has 5 heteroatoms. The van der Waals surface area contributed by atoms with Gasteiger partial charge < -0.3 is 20.3 Å². The molecule has 1 aliphatic rings. The van der Waals surface area contributed by atoms with Crippen molar-refractivity contribution in [2.75, 3.05) is 12.4 Å². The first kappa shape index (κ1) is 13.6. The van der Waals surface area contributed by atoms with Crippen LogP contribution in [0.1, 0.15) is 11.1 Å². The molecule has 1 amide bonds. The summed E-state index contributed by atoms with van der Waals surface area (Å²) in [5.41, 5.74) is -0.406. The van der Waals surface area contributed by atoms with Crippen molar-refractivity contribution >= 4 is 11.6 Å². The molecule has 2 aromatic rings. The van der Waals surface area contributed by atoms with Crippen LogP contribution < -0.4 is 10.1 Å². The molecular formula is C16H15NO4. The number of aliphatic hydroxyl groups excluding tert-OH is 1. The van der Waals surface area contributed by atoms with Gasteiger partial charge in [0.05, 0.1) is 7.11 Å². The third-order valence-electron chi connectivity index (χ3n) is 3.77. The van der Waals surface area contributed by atoms with Crippen molar-refractivity contribution in [1.29, 1.82) is 0 Å². The van der Waals surface area contributed by atoms with Crippen LogP contribution in [0.2, 0.25) is 0 Å². The van der Waals surface area contributed by atoms with Crippen molar-refractivity contribution in [3.05, 3.63) is 59.7 Å². The minimum Gasteiger partial charge on any atom is -0.497 e. The smallest absolute Gasteiger partial charge is 0.256 e. The van der Waals surface area contributed by atoms with E-state index in [1.165, 1.54) is 0 Å². The number of hydrogen-bond acceptors (Lipinski definition) is 4. The second-order valence-corrected chi connectivity index (χ2v) is 4.93. The number of methoxy groups -OCH3 is 1. The van der Waals surface area contributed by atoms with Crippen molar-refractivity contribution in [2.45, 2.75) is 11.7 Å². The summed E-state index contributed by atoms with van der Waals surface area (Å²) < 4.78 is 5.08. The van der Waals surface area contributed by atoms with Gasteiger partial charge in [0.2, 0.25) is 0 Å². The normalized spacial score (nSPS) is 24.1. The Bertz CT molecular complexity index is 683. The van der Waals surface area contributed by atoms with E-state index in [9.17, 15) is 15.0 Å². The zero-order chi connectivity index (χ0) is 15.0. The van der Waals surface area contributed by atoms with Gasteiger partial charge in [0.15, 0.2) is 11.7 Å². The van der Waals surface area contributed by atoms with Crippen LogP contribution in [0.5, 0.6) is 5.75 Å². The molecule has 5 nitrogen and oxygen atoms in total. The van der Waals surface area contributed by atoms with Crippen LogP contribution in [-0.2, 0) is 10.4 Å². The molecule has 0 fully saturated rings. The molecule has 108 valence electrons. The minimum absolute atomic E-state index is 0.429. The third-order valence-corrected chi connectivity index (χ3v) is 3.77. The second kappa shape index (κ2) is 4.87. The van der Waals surface area contributed by atoms with Gasteiger partial charge >= 0.3 is 0 Å². The van der Waals surface area contributed by atoms with Crippen LogP contribution in [0.4, 0.5) is 5.69 Å². The van der Waals surface area contributed by atoms with E-state index >= 15 is 0 Å². The largest absolute Gasteiger partial charge is 0.497 e. The van der Waals surface area contributed by atoms with E-state index in [1.807, 2.05) is 0 Å². The van der Waals surface area contributed by atoms with Crippen LogP contribution in [-0.4, -0.2) is 29.3 Å². The van der Waals surface area contributed by atoms with Crippen molar-refractivity contribution in [2.24, 2.45) is 0 Å². The Morgan fingerprint density at radius 2 is 1.81 bits per heavy atom. The standard InChI is InChI=1S/C16H15NO4/c1-21-11-8-6-10(7-9-11)16(20)12-4-2-3-5-13(12)17-15(19)14(16)18/h2-9,14,18,20H,1H3,(H,17,19)/t14-,16+/m0/s1. The fraction of sp³-hybridized carbons (Fsp3) is 0.188. The number of carbonyl (C=O) groups excluding carboxylic acids is 1. The monoisotopic (exact) mass is 285 g/mol. The first-order chi connectivity index (χ1) is 10.1. The number of fused-ring (bicyclic) bond motifs is 1. The lowest BCUT2D eigenvalue weighted by molar-refractivity contribution is -0.138. The lowest BCUT2D eigenvalue weighted by Crippen LogP contribution is -2.51. The fourth-order valence-corrected chi connectivity index (χ4v) is 2.62. The highest BCUT2D eigenvalue weighted by atomic mass is 16.5. The van der Waals surface area contributed by atoms with Crippen LogP contribution >= 0.6 is 0 Å². The summed E-state index contributed by atoms with van der Waals surface area (Å²) in [6.45, 7) is 0. The van der Waals surface area contributed by atoms with E-state index in [1.54, 1.807) is 55.6 Å². The van der Waals surface area contributed by atoms with Gasteiger partial charge in [0.1, 0.15) is 5.75 Å². The number of hydrogen-bond donors (Lipinski definition) is 3. The summed E-state index contributed by atoms with van der Waals surface area (Å²) >= 11 is 0. The molecule has 0 saturated carbocycles. The Morgan fingerprint density at radius 3 is 2.48 bits per heavy atom. The highest BCUT2D eigenvalue weighted by molar-refractivity contribution is 5.99. The van der Waals surface area contributed by atoms with E-state index in [0.717, 1.165) is 0 Å². The van der Waals surface area contributed by atoms with Gasteiger partial charge in [-0.25, -0.2) is 0 Å². The van der Waals surface area contributed by atoms with Crippen molar-refractivity contribution in [3.63, 3.8) is 0 Å². The van der Waals surface area contributed by atoms with Crippen molar-refractivity contribution in [3.8, 4) is 5.75 Å². The van der Waals surface area contributed by atoms with E-state index in [2.05, 4.69) is 5.32 Å². The molecule has 1 heterocycles. The van der Waals surface area contributed by atoms with E-state index < -0.39 is 17.6 Å². The number of anilines is 1. The van der Waals surface area contributed by atoms with Gasteiger partial charge in [-0.05, 0) is 23.8 Å². The summed E-state index contributed by atoms with van der Waals surface area (Å²) in [4.78, 5) is 11.9. The number of carbonyl (C=O) groups is 1. The average Bonchev–Trinajstić information content (AvgIpc) is 2.53. The van der Waals surface area contributed by atoms with Crippen molar-refractivity contribution in [1.82, 2.24) is 0 Å². The van der Waals surface area contributed by atoms with Gasteiger partial charge in [0, 0.05) is 11.3 Å². The first-order valence-corrected chi connectivity index (χ1v) is 6.52. The summed E-state index contributed by atoms with van der Waals surface area (Å²) in [6.07, 6.45) is -1.58. The Hall–Kier alpha value is -2.37. The first-order valence-electron chi connectivity index (χ1n) is 6.52. The molecule has 0 unspecified atom stereocenters. The molecule has 0 aromatic heterocycles. The number of amides is 1. The maximum absolute atomic E-state index is 11.9. The Kier molecular flexibility index (Phi) is 3.16. The Balaban J connectivity index is 2.18. The van der Waals surface area contributed by atoms with Crippen LogP contribution in [0.15, 0.2) is 48.5 Å². The molecular weight excluding hydrogens is 270 g/mol. The van der Waals surface area contributed by atoms with E-state index in [4.69, 9.17) is 4.74 Å². The highest BCUT2D eigenvalue weighted by Crippen LogP contribution is 2.41. The maximum atomic E-state index is 11.9. The molecule has 0 aliphatic carbocycles. The summed E-state index contributed by atoms with van der Waals surface area (Å²) in [7, 11) is 1.54. The number of aliphatic hydroxyl groups is 2. The average molecular weight is 285 g/mol. The molecule has 0 bridgehead atoms. The Labute approximate surface area is 121 Å². The molecule has 2 atom stereocenters. The molecule has 0 saturated heterocycles. The van der Waals surface area contributed by atoms with Gasteiger partial charge in [0.25, 0.3) is 5.91 Å². The van der Waals surface area contributed by atoms with Crippen LogP contribution in [0, 0.1) is 0 Å². The van der Waals surface area contributed by atoms with Crippen LogP contribution in [0.3, 0.4) is 0 Å². The molecule has 2 aromatic carbocycles. The number of nitrogens with one attached hydrogen (secondary N) is 1. The predicted octanol–water partition coefficient (Wildman–Crippen LogP) is 1.24. The molecule has 21 heavy (non-hydrogen) atoms. The second-order valence-electron chi connectivity index (χ2n) is 4.93. The Morgan fingerprint density at radius 1 is 1.14 bits per heavy atom. The lowest BCUT2D eigenvalue weighted by Gasteiger charge is -2.38. The predicted molar refractivity (Wildman–Crippen MR) is 77.1 cm³/mol. The SMILES string of the molecule is COc1ccc([C@@]2(O)c3ccccc3NC(=O)[C@@H]2O)cc1.